The number of imidazole rings is 1. The fraction of sp³-hybridized carbons (Fsp3) is 0.120. The number of carbonyl (C=O) groups is 1. The number of amides is 1. The van der Waals surface area contributed by atoms with E-state index in [2.05, 4.69) is 10.3 Å². The highest BCUT2D eigenvalue weighted by atomic mass is 35.5. The van der Waals surface area contributed by atoms with E-state index in [-0.39, 0.29) is 12.5 Å². The van der Waals surface area contributed by atoms with E-state index in [4.69, 9.17) is 21.1 Å². The van der Waals surface area contributed by atoms with Crippen LogP contribution in [0.2, 0.25) is 5.02 Å². The SMILES string of the molecule is Cn1ccnc1COc1ccc(NC(=O)c2ccccc2OCc2ccccc2Cl)cc1. The van der Waals surface area contributed by atoms with Crippen LogP contribution >= 0.6 is 11.6 Å². The number of ether oxygens (including phenoxy) is 2. The molecule has 162 valence electrons. The molecule has 1 aromatic heterocycles. The molecular formula is C25H22ClN3O3. The zero-order valence-corrected chi connectivity index (χ0v) is 18.3. The molecule has 1 amide bonds. The van der Waals surface area contributed by atoms with Crippen molar-refractivity contribution in [3.63, 3.8) is 0 Å². The van der Waals surface area contributed by atoms with Crippen molar-refractivity contribution in [2.24, 2.45) is 7.05 Å². The average Bonchev–Trinajstić information content (AvgIpc) is 3.23. The zero-order chi connectivity index (χ0) is 22.3. The number of nitrogens with one attached hydrogen (secondary N) is 1. The molecule has 0 spiro atoms. The van der Waals surface area contributed by atoms with Crippen LogP contribution in [0.25, 0.3) is 0 Å². The number of aryl methyl sites for hydroxylation is 1. The number of hydrogen-bond acceptors (Lipinski definition) is 4. The van der Waals surface area contributed by atoms with Gasteiger partial charge in [-0.1, -0.05) is 41.9 Å². The number of anilines is 1. The lowest BCUT2D eigenvalue weighted by atomic mass is 10.1. The third-order valence-electron chi connectivity index (χ3n) is 4.87. The molecule has 32 heavy (non-hydrogen) atoms. The second-order valence-corrected chi connectivity index (χ2v) is 7.50. The lowest BCUT2D eigenvalue weighted by Gasteiger charge is -2.13. The number of carbonyl (C=O) groups excluding carboxylic acids is 1. The first-order valence-electron chi connectivity index (χ1n) is 10.1. The fourth-order valence-electron chi connectivity index (χ4n) is 3.07. The summed E-state index contributed by atoms with van der Waals surface area (Å²) in [6, 6.07) is 21.8. The van der Waals surface area contributed by atoms with Gasteiger partial charge in [0.1, 0.15) is 30.5 Å². The first kappa shape index (κ1) is 21.5. The summed E-state index contributed by atoms with van der Waals surface area (Å²) in [5.74, 6) is 1.74. The number of benzene rings is 3. The molecule has 0 aliphatic carbocycles. The Balaban J connectivity index is 1.38. The molecule has 0 radical (unpaired) electrons. The van der Waals surface area contributed by atoms with E-state index < -0.39 is 0 Å². The molecule has 4 rings (SSSR count). The molecule has 4 aromatic rings. The molecule has 3 aromatic carbocycles. The van der Waals surface area contributed by atoms with Gasteiger partial charge in [0.2, 0.25) is 0 Å². The molecule has 0 aliphatic rings. The maximum absolute atomic E-state index is 12.9. The molecule has 0 bridgehead atoms. The first-order valence-corrected chi connectivity index (χ1v) is 10.4. The Bertz CT molecular complexity index is 1210. The largest absolute Gasteiger partial charge is 0.488 e. The summed E-state index contributed by atoms with van der Waals surface area (Å²) in [6.45, 7) is 0.636. The number of aromatic nitrogens is 2. The van der Waals surface area contributed by atoms with Gasteiger partial charge >= 0.3 is 0 Å². The minimum absolute atomic E-state index is 0.263. The van der Waals surface area contributed by atoms with Crippen LogP contribution < -0.4 is 14.8 Å². The number of rotatable bonds is 8. The van der Waals surface area contributed by atoms with Crippen LogP contribution in [0.5, 0.6) is 11.5 Å². The quantitative estimate of drug-likeness (QED) is 0.388. The first-order chi connectivity index (χ1) is 15.6. The zero-order valence-electron chi connectivity index (χ0n) is 17.5. The lowest BCUT2D eigenvalue weighted by molar-refractivity contribution is 0.102. The summed E-state index contributed by atoms with van der Waals surface area (Å²) in [7, 11) is 1.92. The Labute approximate surface area is 191 Å². The Morgan fingerprint density at radius 2 is 1.72 bits per heavy atom. The van der Waals surface area contributed by atoms with Crippen molar-refractivity contribution in [3.8, 4) is 11.5 Å². The van der Waals surface area contributed by atoms with E-state index in [1.807, 2.05) is 48.1 Å². The van der Waals surface area contributed by atoms with Gasteiger partial charge in [-0.05, 0) is 42.5 Å². The van der Waals surface area contributed by atoms with Crippen LogP contribution in [0, 0.1) is 0 Å². The van der Waals surface area contributed by atoms with Crippen LogP contribution in [0.3, 0.4) is 0 Å². The maximum Gasteiger partial charge on any atom is 0.259 e. The van der Waals surface area contributed by atoms with Crippen molar-refractivity contribution in [1.82, 2.24) is 9.55 Å². The molecule has 7 heteroatoms. The summed E-state index contributed by atoms with van der Waals surface area (Å²) in [5.41, 5.74) is 1.94. The number of hydrogen-bond donors (Lipinski definition) is 1. The van der Waals surface area contributed by atoms with Gasteiger partial charge in [-0.25, -0.2) is 4.98 Å². The van der Waals surface area contributed by atoms with Gasteiger partial charge in [0.15, 0.2) is 0 Å². The van der Waals surface area contributed by atoms with Crippen molar-refractivity contribution in [1.29, 1.82) is 0 Å². The summed E-state index contributed by atoms with van der Waals surface area (Å²) in [4.78, 5) is 17.1. The Hall–Kier alpha value is -3.77. The standard InChI is InChI=1S/C25H22ClN3O3/c1-29-15-14-27-24(29)17-31-20-12-10-19(11-13-20)28-25(30)21-7-3-5-9-23(21)32-16-18-6-2-4-8-22(18)26/h2-15H,16-17H2,1H3,(H,28,30). The van der Waals surface area contributed by atoms with Crippen LogP contribution in [0.4, 0.5) is 5.69 Å². The van der Waals surface area contributed by atoms with Crippen LogP contribution in [-0.4, -0.2) is 15.5 Å². The van der Waals surface area contributed by atoms with Crippen molar-refractivity contribution < 1.29 is 14.3 Å². The van der Waals surface area contributed by atoms with Crippen LogP contribution in [0.1, 0.15) is 21.7 Å². The van der Waals surface area contributed by atoms with E-state index in [1.165, 1.54) is 0 Å². The summed E-state index contributed by atoms with van der Waals surface area (Å²) in [6.07, 6.45) is 3.60. The third-order valence-corrected chi connectivity index (χ3v) is 5.24. The topological polar surface area (TPSA) is 65.4 Å². The third kappa shape index (κ3) is 5.28. The van der Waals surface area contributed by atoms with Crippen LogP contribution in [0.15, 0.2) is 85.2 Å². The molecule has 0 saturated heterocycles. The molecule has 0 aliphatic heterocycles. The Morgan fingerprint density at radius 3 is 2.47 bits per heavy atom. The Kier molecular flexibility index (Phi) is 6.72. The molecule has 0 unspecified atom stereocenters. The highest BCUT2D eigenvalue weighted by molar-refractivity contribution is 6.31. The second-order valence-electron chi connectivity index (χ2n) is 7.10. The van der Waals surface area contributed by atoms with Gasteiger partial charge in [0, 0.05) is 35.7 Å². The maximum atomic E-state index is 12.9. The predicted molar refractivity (Wildman–Crippen MR) is 124 cm³/mol. The van der Waals surface area contributed by atoms with E-state index in [0.717, 1.165) is 11.4 Å². The highest BCUT2D eigenvalue weighted by Crippen LogP contribution is 2.24. The van der Waals surface area contributed by atoms with Gasteiger partial charge in [-0.15, -0.1) is 0 Å². The van der Waals surface area contributed by atoms with E-state index >= 15 is 0 Å². The summed E-state index contributed by atoms with van der Waals surface area (Å²) < 4.78 is 13.5. The number of para-hydroxylation sites is 1. The summed E-state index contributed by atoms with van der Waals surface area (Å²) >= 11 is 6.20. The molecular weight excluding hydrogens is 426 g/mol. The lowest BCUT2D eigenvalue weighted by Crippen LogP contribution is -2.13. The predicted octanol–water partition coefficient (Wildman–Crippen LogP) is 5.48. The molecule has 0 saturated carbocycles. The molecule has 1 heterocycles. The van der Waals surface area contributed by atoms with Crippen molar-refractivity contribution in [2.45, 2.75) is 13.2 Å². The van der Waals surface area contributed by atoms with E-state index in [9.17, 15) is 4.79 Å². The van der Waals surface area contributed by atoms with Crippen LogP contribution in [-0.2, 0) is 20.3 Å². The number of halogens is 1. The van der Waals surface area contributed by atoms with Gasteiger partial charge in [0.05, 0.1) is 5.56 Å². The van der Waals surface area contributed by atoms with Gasteiger partial charge < -0.3 is 19.4 Å². The molecule has 0 atom stereocenters. The second kappa shape index (κ2) is 10.0. The highest BCUT2D eigenvalue weighted by Gasteiger charge is 2.13. The van der Waals surface area contributed by atoms with E-state index in [1.54, 1.807) is 48.7 Å². The average molecular weight is 448 g/mol. The minimum atomic E-state index is -0.263. The smallest absolute Gasteiger partial charge is 0.259 e. The minimum Gasteiger partial charge on any atom is -0.488 e. The number of nitrogens with zero attached hydrogens (tertiary/aromatic N) is 2. The van der Waals surface area contributed by atoms with Gasteiger partial charge in [-0.2, -0.15) is 0 Å². The molecule has 1 N–H and O–H groups in total. The normalized spacial score (nSPS) is 10.6. The summed E-state index contributed by atoms with van der Waals surface area (Å²) in [5, 5.41) is 3.52. The van der Waals surface area contributed by atoms with Gasteiger partial charge in [-0.3, -0.25) is 4.79 Å². The monoisotopic (exact) mass is 447 g/mol. The molecule has 6 nitrogen and oxygen atoms in total. The van der Waals surface area contributed by atoms with Crippen molar-refractivity contribution >= 4 is 23.2 Å². The Morgan fingerprint density at radius 1 is 0.969 bits per heavy atom. The molecule has 0 fully saturated rings. The fourth-order valence-corrected chi connectivity index (χ4v) is 3.26. The van der Waals surface area contributed by atoms with Gasteiger partial charge in [0.25, 0.3) is 5.91 Å². The van der Waals surface area contributed by atoms with Crippen molar-refractivity contribution in [3.05, 3.63) is 107 Å². The van der Waals surface area contributed by atoms with E-state index in [0.29, 0.717) is 34.4 Å². The van der Waals surface area contributed by atoms with Crippen molar-refractivity contribution in [2.75, 3.05) is 5.32 Å².